The number of benzene rings is 2. The molecular weight excluding hydrogens is 356 g/mol. The lowest BCUT2D eigenvalue weighted by Gasteiger charge is -2.23. The van der Waals surface area contributed by atoms with E-state index < -0.39 is 18.2 Å². The van der Waals surface area contributed by atoms with Gasteiger partial charge in [-0.15, -0.1) is 0 Å². The molecule has 0 aliphatic heterocycles. The van der Waals surface area contributed by atoms with Crippen LogP contribution < -0.4 is 23.7 Å². The lowest BCUT2D eigenvalue weighted by Crippen LogP contribution is -2.34. The van der Waals surface area contributed by atoms with Crippen LogP contribution in [0.1, 0.15) is 11.7 Å². The number of methoxy groups -OCH3 is 4. The van der Waals surface area contributed by atoms with Crippen molar-refractivity contribution >= 4 is 5.97 Å². The van der Waals surface area contributed by atoms with E-state index in [1.165, 1.54) is 46.6 Å². The third-order valence-electron chi connectivity index (χ3n) is 3.90. The van der Waals surface area contributed by atoms with E-state index in [-0.39, 0.29) is 11.5 Å². The number of hydrogen-bond donors (Lipinski definition) is 2. The van der Waals surface area contributed by atoms with Crippen LogP contribution in [0.2, 0.25) is 0 Å². The van der Waals surface area contributed by atoms with Crippen LogP contribution in [-0.4, -0.2) is 50.7 Å². The Morgan fingerprint density at radius 2 is 1.41 bits per heavy atom. The van der Waals surface area contributed by atoms with Crippen LogP contribution in [0.15, 0.2) is 36.4 Å². The lowest BCUT2D eigenvalue weighted by molar-refractivity contribution is -0.150. The van der Waals surface area contributed by atoms with Crippen molar-refractivity contribution < 1.29 is 38.7 Å². The second kappa shape index (κ2) is 9.00. The smallest absolute Gasteiger partial charge is 0.348 e. The number of carboxylic acid groups (broad SMARTS) is 1. The first-order valence-corrected chi connectivity index (χ1v) is 7.96. The van der Waals surface area contributed by atoms with Crippen LogP contribution in [0.25, 0.3) is 0 Å². The van der Waals surface area contributed by atoms with Gasteiger partial charge in [-0.2, -0.15) is 0 Å². The van der Waals surface area contributed by atoms with Crippen molar-refractivity contribution in [3.05, 3.63) is 42.0 Å². The van der Waals surface area contributed by atoms with Crippen molar-refractivity contribution in [2.75, 3.05) is 28.4 Å². The van der Waals surface area contributed by atoms with Gasteiger partial charge in [0.05, 0.1) is 28.4 Å². The van der Waals surface area contributed by atoms with E-state index in [1.54, 1.807) is 18.2 Å². The molecule has 0 amide bonds. The number of ether oxygens (including phenoxy) is 5. The van der Waals surface area contributed by atoms with E-state index in [0.717, 1.165) is 0 Å². The lowest BCUT2D eigenvalue weighted by atomic mass is 10.0. The van der Waals surface area contributed by atoms with Gasteiger partial charge < -0.3 is 33.9 Å². The molecule has 8 heteroatoms. The molecule has 0 bridgehead atoms. The molecule has 2 unspecified atom stereocenters. The summed E-state index contributed by atoms with van der Waals surface area (Å²) in [5.41, 5.74) is 0.299. The number of carbonyl (C=O) groups is 1. The van der Waals surface area contributed by atoms with Crippen LogP contribution in [0.4, 0.5) is 0 Å². The van der Waals surface area contributed by atoms with Gasteiger partial charge in [0.25, 0.3) is 0 Å². The summed E-state index contributed by atoms with van der Waals surface area (Å²) in [6.45, 7) is 0. The molecule has 0 aliphatic carbocycles. The van der Waals surface area contributed by atoms with Crippen LogP contribution in [0.3, 0.4) is 0 Å². The highest BCUT2D eigenvalue weighted by Gasteiger charge is 2.31. The zero-order chi connectivity index (χ0) is 20.0. The quantitative estimate of drug-likeness (QED) is 0.685. The molecule has 146 valence electrons. The summed E-state index contributed by atoms with van der Waals surface area (Å²) in [6, 6.07) is 9.26. The minimum atomic E-state index is -1.58. The van der Waals surface area contributed by atoms with Crippen LogP contribution in [-0.2, 0) is 4.79 Å². The average Bonchev–Trinajstić information content (AvgIpc) is 2.70. The van der Waals surface area contributed by atoms with Gasteiger partial charge in [0.2, 0.25) is 6.10 Å². The summed E-state index contributed by atoms with van der Waals surface area (Å²) < 4.78 is 26.2. The molecule has 27 heavy (non-hydrogen) atoms. The highest BCUT2D eigenvalue weighted by molar-refractivity contribution is 5.74. The number of carboxylic acids is 1. The fraction of sp³-hybridized carbons (Fsp3) is 0.316. The fourth-order valence-corrected chi connectivity index (χ4v) is 2.47. The van der Waals surface area contributed by atoms with E-state index in [0.29, 0.717) is 22.8 Å². The molecule has 2 atom stereocenters. The summed E-state index contributed by atoms with van der Waals surface area (Å²) in [4.78, 5) is 11.7. The van der Waals surface area contributed by atoms with Gasteiger partial charge in [0.15, 0.2) is 23.0 Å². The first kappa shape index (κ1) is 20.2. The Morgan fingerprint density at radius 1 is 0.815 bits per heavy atom. The van der Waals surface area contributed by atoms with E-state index >= 15 is 0 Å². The highest BCUT2D eigenvalue weighted by Crippen LogP contribution is 2.35. The fourth-order valence-electron chi connectivity index (χ4n) is 2.47. The molecule has 2 rings (SSSR count). The van der Waals surface area contributed by atoms with E-state index in [9.17, 15) is 15.0 Å². The minimum Gasteiger partial charge on any atom is -0.497 e. The van der Waals surface area contributed by atoms with Gasteiger partial charge in [-0.1, -0.05) is 6.07 Å². The molecular formula is C19H22O8. The van der Waals surface area contributed by atoms with Crippen molar-refractivity contribution in [1.29, 1.82) is 0 Å². The summed E-state index contributed by atoms with van der Waals surface area (Å²) in [6.07, 6.45) is -3.04. The van der Waals surface area contributed by atoms with Gasteiger partial charge in [-0.25, -0.2) is 4.79 Å². The summed E-state index contributed by atoms with van der Waals surface area (Å²) in [5, 5.41) is 20.1. The monoisotopic (exact) mass is 378 g/mol. The predicted molar refractivity (Wildman–Crippen MR) is 96.1 cm³/mol. The first-order chi connectivity index (χ1) is 12.9. The third kappa shape index (κ3) is 4.53. The number of aliphatic carboxylic acids is 1. The standard InChI is InChI=1S/C19H22O8/c1-23-12-6-8-14(16(10-12)26-4)27-18(19(21)22)17(20)11-5-7-13(24-2)15(9-11)25-3/h5-10,17-18,20H,1-4H3,(H,21,22). The number of aliphatic hydroxyl groups excluding tert-OH is 1. The molecule has 0 spiro atoms. The highest BCUT2D eigenvalue weighted by atomic mass is 16.5. The third-order valence-corrected chi connectivity index (χ3v) is 3.90. The Kier molecular flexibility index (Phi) is 6.73. The molecule has 0 heterocycles. The molecule has 2 aromatic carbocycles. The van der Waals surface area contributed by atoms with Crippen molar-refractivity contribution in [3.8, 4) is 28.7 Å². The van der Waals surface area contributed by atoms with Gasteiger partial charge in [-0.05, 0) is 29.8 Å². The summed E-state index contributed by atoms with van der Waals surface area (Å²) in [7, 11) is 5.84. The number of hydrogen-bond acceptors (Lipinski definition) is 7. The number of rotatable bonds is 9. The number of aliphatic hydroxyl groups is 1. The second-order valence-electron chi connectivity index (χ2n) is 5.45. The molecule has 0 saturated carbocycles. The SMILES string of the molecule is COc1ccc(OC(C(=O)O)C(O)c2ccc(OC)c(OC)c2)c(OC)c1. The molecule has 0 aliphatic rings. The van der Waals surface area contributed by atoms with Crippen LogP contribution in [0, 0.1) is 0 Å². The Hall–Kier alpha value is -3.13. The largest absolute Gasteiger partial charge is 0.497 e. The van der Waals surface area contributed by atoms with Crippen LogP contribution >= 0.6 is 0 Å². The molecule has 0 saturated heterocycles. The van der Waals surface area contributed by atoms with Gasteiger partial charge in [-0.3, -0.25) is 0 Å². The van der Waals surface area contributed by atoms with Crippen molar-refractivity contribution in [2.45, 2.75) is 12.2 Å². The van der Waals surface area contributed by atoms with Gasteiger partial charge >= 0.3 is 5.97 Å². The Labute approximate surface area is 156 Å². The Morgan fingerprint density at radius 3 is 1.96 bits per heavy atom. The van der Waals surface area contributed by atoms with Crippen molar-refractivity contribution in [1.82, 2.24) is 0 Å². The molecule has 2 N–H and O–H groups in total. The van der Waals surface area contributed by atoms with Gasteiger partial charge in [0.1, 0.15) is 11.9 Å². The normalized spacial score (nSPS) is 12.6. The average molecular weight is 378 g/mol. The van der Waals surface area contributed by atoms with Crippen molar-refractivity contribution in [2.24, 2.45) is 0 Å². The zero-order valence-electron chi connectivity index (χ0n) is 15.5. The maximum atomic E-state index is 11.7. The second-order valence-corrected chi connectivity index (χ2v) is 5.45. The van der Waals surface area contributed by atoms with E-state index in [4.69, 9.17) is 23.7 Å². The molecule has 2 aromatic rings. The Balaban J connectivity index is 2.34. The van der Waals surface area contributed by atoms with E-state index in [1.807, 2.05) is 0 Å². The van der Waals surface area contributed by atoms with Gasteiger partial charge in [0, 0.05) is 6.07 Å². The summed E-state index contributed by atoms with van der Waals surface area (Å²) >= 11 is 0. The maximum absolute atomic E-state index is 11.7. The topological polar surface area (TPSA) is 104 Å². The molecule has 0 aromatic heterocycles. The maximum Gasteiger partial charge on any atom is 0.348 e. The summed E-state index contributed by atoms with van der Waals surface area (Å²) in [5.74, 6) is 0.435. The molecule has 0 fully saturated rings. The van der Waals surface area contributed by atoms with Crippen molar-refractivity contribution in [3.63, 3.8) is 0 Å². The van der Waals surface area contributed by atoms with E-state index in [2.05, 4.69) is 0 Å². The Bertz CT molecular complexity index is 789. The minimum absolute atomic E-state index is 0.158. The molecule has 8 nitrogen and oxygen atoms in total. The first-order valence-electron chi connectivity index (χ1n) is 7.96. The molecule has 0 radical (unpaired) electrons. The van der Waals surface area contributed by atoms with Crippen LogP contribution in [0.5, 0.6) is 28.7 Å². The zero-order valence-corrected chi connectivity index (χ0v) is 15.5. The predicted octanol–water partition coefficient (Wildman–Crippen LogP) is 2.29.